The highest BCUT2D eigenvalue weighted by atomic mass is 127. The topological polar surface area (TPSA) is 31.2 Å². The highest BCUT2D eigenvalue weighted by Crippen LogP contribution is 2.26. The standard InChI is InChI=1S/C15H16INO2S/c1-10-8-11(19-9-20-3)4-5-12(10)14-7-6-13(16)15(18)17(14)2/h4-8H,9H2,1-3H3. The SMILES string of the molecule is CSCOc1ccc(-c2ccc(I)c(=O)n2C)c(C)c1. The predicted octanol–water partition coefficient (Wildman–Crippen LogP) is 3.66. The Hall–Kier alpha value is -0.950. The third-order valence-electron chi connectivity index (χ3n) is 3.08. The van der Waals surface area contributed by atoms with E-state index in [0.29, 0.717) is 5.94 Å². The summed E-state index contributed by atoms with van der Waals surface area (Å²) < 4.78 is 8.01. The van der Waals surface area contributed by atoms with Crippen molar-refractivity contribution in [2.24, 2.45) is 7.05 Å². The maximum absolute atomic E-state index is 12.0. The molecule has 0 amide bonds. The number of aryl methyl sites for hydroxylation is 1. The molecule has 0 radical (unpaired) electrons. The molecular weight excluding hydrogens is 385 g/mol. The Morgan fingerprint density at radius 2 is 2.05 bits per heavy atom. The molecule has 5 heteroatoms. The lowest BCUT2D eigenvalue weighted by molar-refractivity contribution is 0.393. The van der Waals surface area contributed by atoms with Gasteiger partial charge >= 0.3 is 0 Å². The third kappa shape index (κ3) is 3.20. The Bertz CT molecular complexity index is 682. The molecule has 20 heavy (non-hydrogen) atoms. The number of thioether (sulfide) groups is 1. The average Bonchev–Trinajstić information content (AvgIpc) is 2.44. The van der Waals surface area contributed by atoms with Gasteiger partial charge in [0.25, 0.3) is 5.56 Å². The Labute approximate surface area is 136 Å². The zero-order valence-electron chi connectivity index (χ0n) is 11.6. The molecule has 0 bridgehead atoms. The first kappa shape index (κ1) is 15.4. The van der Waals surface area contributed by atoms with Gasteiger partial charge in [0, 0.05) is 12.6 Å². The van der Waals surface area contributed by atoms with Crippen molar-refractivity contribution in [2.45, 2.75) is 6.92 Å². The van der Waals surface area contributed by atoms with Crippen LogP contribution in [-0.2, 0) is 7.05 Å². The van der Waals surface area contributed by atoms with E-state index in [1.54, 1.807) is 23.4 Å². The fourth-order valence-corrected chi connectivity index (χ4v) is 2.81. The van der Waals surface area contributed by atoms with Gasteiger partial charge in [0.05, 0.1) is 9.26 Å². The fraction of sp³-hybridized carbons (Fsp3) is 0.267. The summed E-state index contributed by atoms with van der Waals surface area (Å²) in [4.78, 5) is 12.0. The zero-order chi connectivity index (χ0) is 14.7. The van der Waals surface area contributed by atoms with Gasteiger partial charge in [0.1, 0.15) is 11.7 Å². The average molecular weight is 401 g/mol. The van der Waals surface area contributed by atoms with Crippen LogP contribution in [0.1, 0.15) is 5.56 Å². The summed E-state index contributed by atoms with van der Waals surface area (Å²) in [5.41, 5.74) is 3.10. The minimum absolute atomic E-state index is 0.0326. The number of halogens is 1. The number of ether oxygens (including phenoxy) is 1. The summed E-state index contributed by atoms with van der Waals surface area (Å²) in [5.74, 6) is 1.50. The Balaban J connectivity index is 2.44. The minimum Gasteiger partial charge on any atom is -0.483 e. The van der Waals surface area contributed by atoms with Gasteiger partial charge in [-0.15, -0.1) is 11.8 Å². The Morgan fingerprint density at radius 3 is 2.70 bits per heavy atom. The van der Waals surface area contributed by atoms with Crippen LogP contribution in [0.2, 0.25) is 0 Å². The molecule has 2 aromatic rings. The maximum atomic E-state index is 12.0. The Morgan fingerprint density at radius 1 is 1.30 bits per heavy atom. The van der Waals surface area contributed by atoms with E-state index < -0.39 is 0 Å². The summed E-state index contributed by atoms with van der Waals surface area (Å²) in [5, 5.41) is 0. The highest BCUT2D eigenvalue weighted by molar-refractivity contribution is 14.1. The monoisotopic (exact) mass is 401 g/mol. The molecule has 0 saturated heterocycles. The second-order valence-corrected chi connectivity index (χ2v) is 6.43. The Kier molecular flexibility index (Phi) is 5.15. The van der Waals surface area contributed by atoms with E-state index in [1.807, 2.05) is 43.5 Å². The minimum atomic E-state index is 0.0326. The van der Waals surface area contributed by atoms with Crippen LogP contribution in [0.3, 0.4) is 0 Å². The summed E-state index contributed by atoms with van der Waals surface area (Å²) in [6, 6.07) is 9.80. The van der Waals surface area contributed by atoms with E-state index in [1.165, 1.54) is 0 Å². The molecule has 0 spiro atoms. The maximum Gasteiger partial charge on any atom is 0.264 e. The molecule has 1 aromatic carbocycles. The van der Waals surface area contributed by atoms with Crippen molar-refractivity contribution in [3.63, 3.8) is 0 Å². The molecule has 0 aliphatic heterocycles. The smallest absolute Gasteiger partial charge is 0.264 e. The lowest BCUT2D eigenvalue weighted by atomic mass is 10.0. The second kappa shape index (κ2) is 6.67. The van der Waals surface area contributed by atoms with Crippen LogP contribution in [0.4, 0.5) is 0 Å². The molecule has 0 fully saturated rings. The van der Waals surface area contributed by atoms with Crippen molar-refractivity contribution in [3.8, 4) is 17.0 Å². The highest BCUT2D eigenvalue weighted by Gasteiger charge is 2.09. The number of hydrogen-bond acceptors (Lipinski definition) is 3. The molecule has 0 saturated carbocycles. The normalized spacial score (nSPS) is 10.6. The summed E-state index contributed by atoms with van der Waals surface area (Å²) in [7, 11) is 1.80. The molecule has 3 nitrogen and oxygen atoms in total. The molecule has 0 aliphatic rings. The molecule has 0 unspecified atom stereocenters. The van der Waals surface area contributed by atoms with Gasteiger partial charge in [-0.2, -0.15) is 0 Å². The lowest BCUT2D eigenvalue weighted by Crippen LogP contribution is -2.20. The van der Waals surface area contributed by atoms with Crippen LogP contribution in [0, 0.1) is 10.5 Å². The summed E-state index contributed by atoms with van der Waals surface area (Å²) in [6.07, 6.45) is 2.00. The first-order chi connectivity index (χ1) is 9.54. The van der Waals surface area contributed by atoms with Gasteiger partial charge in [0.15, 0.2) is 0 Å². The van der Waals surface area contributed by atoms with Crippen LogP contribution < -0.4 is 10.3 Å². The molecule has 0 N–H and O–H groups in total. The van der Waals surface area contributed by atoms with E-state index in [-0.39, 0.29) is 5.56 Å². The first-order valence-corrected chi connectivity index (χ1v) is 8.60. The quantitative estimate of drug-likeness (QED) is 0.579. The van der Waals surface area contributed by atoms with Crippen molar-refractivity contribution in [1.82, 2.24) is 4.57 Å². The molecular formula is C15H16INO2S. The number of hydrogen-bond donors (Lipinski definition) is 0. The van der Waals surface area contributed by atoms with Crippen molar-refractivity contribution in [3.05, 3.63) is 49.8 Å². The van der Waals surface area contributed by atoms with E-state index in [0.717, 1.165) is 26.1 Å². The van der Waals surface area contributed by atoms with Crippen molar-refractivity contribution < 1.29 is 4.74 Å². The molecule has 0 atom stereocenters. The van der Waals surface area contributed by atoms with Crippen molar-refractivity contribution in [1.29, 1.82) is 0 Å². The zero-order valence-corrected chi connectivity index (χ0v) is 14.6. The molecule has 2 rings (SSSR count). The molecule has 1 aromatic heterocycles. The third-order valence-corrected chi connectivity index (χ3v) is 4.25. The predicted molar refractivity (Wildman–Crippen MR) is 93.6 cm³/mol. The molecule has 0 aliphatic carbocycles. The van der Waals surface area contributed by atoms with Crippen LogP contribution in [0.5, 0.6) is 5.75 Å². The number of benzene rings is 1. The van der Waals surface area contributed by atoms with Gasteiger partial charge in [-0.3, -0.25) is 4.79 Å². The molecule has 106 valence electrons. The lowest BCUT2D eigenvalue weighted by Gasteiger charge is -2.13. The van der Waals surface area contributed by atoms with E-state index >= 15 is 0 Å². The number of pyridine rings is 1. The largest absolute Gasteiger partial charge is 0.483 e. The van der Waals surface area contributed by atoms with E-state index in [2.05, 4.69) is 22.6 Å². The summed E-state index contributed by atoms with van der Waals surface area (Å²) in [6.45, 7) is 2.03. The number of nitrogens with zero attached hydrogens (tertiary/aromatic N) is 1. The number of aromatic nitrogens is 1. The van der Waals surface area contributed by atoms with E-state index in [4.69, 9.17) is 4.74 Å². The fourth-order valence-electron chi connectivity index (χ4n) is 2.02. The van der Waals surface area contributed by atoms with Crippen LogP contribution >= 0.6 is 34.4 Å². The van der Waals surface area contributed by atoms with Gasteiger partial charge in [-0.25, -0.2) is 0 Å². The second-order valence-electron chi connectivity index (χ2n) is 4.46. The van der Waals surface area contributed by atoms with Gasteiger partial charge in [0.2, 0.25) is 0 Å². The molecule has 1 heterocycles. The van der Waals surface area contributed by atoms with Crippen LogP contribution in [-0.4, -0.2) is 16.8 Å². The van der Waals surface area contributed by atoms with Crippen molar-refractivity contribution >= 4 is 34.4 Å². The van der Waals surface area contributed by atoms with E-state index in [9.17, 15) is 4.79 Å². The number of rotatable bonds is 4. The van der Waals surface area contributed by atoms with Crippen LogP contribution in [0.15, 0.2) is 35.1 Å². The van der Waals surface area contributed by atoms with Gasteiger partial charge in [-0.1, -0.05) is 0 Å². The summed E-state index contributed by atoms with van der Waals surface area (Å²) >= 11 is 3.70. The van der Waals surface area contributed by atoms with Crippen LogP contribution in [0.25, 0.3) is 11.3 Å². The van der Waals surface area contributed by atoms with Gasteiger partial charge < -0.3 is 9.30 Å². The van der Waals surface area contributed by atoms with Gasteiger partial charge in [-0.05, 0) is 71.7 Å². The first-order valence-electron chi connectivity index (χ1n) is 6.13. The van der Waals surface area contributed by atoms with Crippen molar-refractivity contribution in [2.75, 3.05) is 12.2 Å².